The molecule has 2 rings (SSSR count). The van der Waals surface area contributed by atoms with Crippen LogP contribution in [0.5, 0.6) is 0 Å². The Kier molecular flexibility index (Phi) is 9.82. The highest BCUT2D eigenvalue weighted by atomic mass is 16.2. The third-order valence-corrected chi connectivity index (χ3v) is 5.47. The summed E-state index contributed by atoms with van der Waals surface area (Å²) in [6.45, 7) is 12.3. The molecular weight excluding hydrogens is 326 g/mol. The summed E-state index contributed by atoms with van der Waals surface area (Å²) in [4.78, 5) is 21.3. The summed E-state index contributed by atoms with van der Waals surface area (Å²) in [6, 6.07) is 0. The van der Waals surface area contributed by atoms with E-state index in [2.05, 4.69) is 34.4 Å². The van der Waals surface area contributed by atoms with Crippen molar-refractivity contribution in [3.8, 4) is 0 Å². The maximum Gasteiger partial charge on any atom is 0.222 e. The zero-order valence-electron chi connectivity index (χ0n) is 16.9. The SMILES string of the molecule is CCNC(=NCCCN1CCCCCC1=O)NCCN1CCC(C)CC1. The van der Waals surface area contributed by atoms with Crippen LogP contribution in [-0.2, 0) is 4.79 Å². The van der Waals surface area contributed by atoms with Crippen LogP contribution in [0.4, 0.5) is 0 Å². The van der Waals surface area contributed by atoms with Crippen molar-refractivity contribution in [2.45, 2.75) is 58.8 Å². The normalized spacial score (nSPS) is 20.9. The lowest BCUT2D eigenvalue weighted by molar-refractivity contribution is -0.130. The van der Waals surface area contributed by atoms with Gasteiger partial charge in [0, 0.05) is 45.7 Å². The molecule has 0 unspecified atom stereocenters. The Morgan fingerprint density at radius 1 is 1.12 bits per heavy atom. The van der Waals surface area contributed by atoms with Crippen molar-refractivity contribution in [2.75, 3.05) is 52.4 Å². The molecule has 150 valence electrons. The van der Waals surface area contributed by atoms with Crippen LogP contribution < -0.4 is 10.6 Å². The third kappa shape index (κ3) is 7.94. The number of nitrogens with one attached hydrogen (secondary N) is 2. The molecule has 0 atom stereocenters. The topological polar surface area (TPSA) is 60.0 Å². The number of carbonyl (C=O) groups excluding carboxylic acids is 1. The smallest absolute Gasteiger partial charge is 0.222 e. The second-order valence-corrected chi connectivity index (χ2v) is 7.76. The first-order chi connectivity index (χ1) is 12.7. The number of nitrogens with zero attached hydrogens (tertiary/aromatic N) is 3. The Balaban J connectivity index is 1.64. The number of hydrogen-bond donors (Lipinski definition) is 2. The Hall–Kier alpha value is -1.30. The van der Waals surface area contributed by atoms with Crippen LogP contribution in [-0.4, -0.2) is 74.0 Å². The number of guanidine groups is 1. The zero-order valence-corrected chi connectivity index (χ0v) is 16.9. The number of aliphatic imine (C=N–C) groups is 1. The maximum atomic E-state index is 12.0. The first-order valence-electron chi connectivity index (χ1n) is 10.7. The Labute approximate surface area is 159 Å². The van der Waals surface area contributed by atoms with E-state index < -0.39 is 0 Å². The lowest BCUT2D eigenvalue weighted by atomic mass is 9.99. The van der Waals surface area contributed by atoms with Crippen molar-refractivity contribution in [1.82, 2.24) is 20.4 Å². The van der Waals surface area contributed by atoms with Gasteiger partial charge < -0.3 is 20.4 Å². The molecule has 2 aliphatic heterocycles. The monoisotopic (exact) mass is 365 g/mol. The molecule has 0 spiro atoms. The molecule has 2 saturated heterocycles. The molecule has 0 bridgehead atoms. The van der Waals surface area contributed by atoms with Crippen LogP contribution in [0.2, 0.25) is 0 Å². The summed E-state index contributed by atoms with van der Waals surface area (Å²) in [5.74, 6) is 2.11. The van der Waals surface area contributed by atoms with Gasteiger partial charge in [0.2, 0.25) is 5.91 Å². The highest BCUT2D eigenvalue weighted by molar-refractivity contribution is 5.79. The molecular formula is C20H39N5O. The molecule has 0 aromatic carbocycles. The van der Waals surface area contributed by atoms with Crippen LogP contribution in [0.25, 0.3) is 0 Å². The summed E-state index contributed by atoms with van der Waals surface area (Å²) < 4.78 is 0. The standard InChI is InChI=1S/C20H39N5O/c1-3-21-20(23-12-17-24-15-9-18(2)10-16-24)22-11-7-14-25-13-6-4-5-8-19(25)26/h18H,3-17H2,1-2H3,(H2,21,22,23). The fraction of sp³-hybridized carbons (Fsp3) is 0.900. The molecule has 0 radical (unpaired) electrons. The Bertz CT molecular complexity index is 432. The summed E-state index contributed by atoms with van der Waals surface area (Å²) in [5, 5.41) is 6.78. The molecule has 0 aromatic rings. The van der Waals surface area contributed by atoms with Crippen molar-refractivity contribution < 1.29 is 4.79 Å². The summed E-state index contributed by atoms with van der Waals surface area (Å²) in [7, 11) is 0. The van der Waals surface area contributed by atoms with Crippen LogP contribution >= 0.6 is 0 Å². The highest BCUT2D eigenvalue weighted by Gasteiger charge is 2.16. The number of carbonyl (C=O) groups is 1. The van der Waals surface area contributed by atoms with E-state index in [1.807, 2.05) is 4.90 Å². The molecule has 26 heavy (non-hydrogen) atoms. The average Bonchev–Trinajstić information content (AvgIpc) is 2.84. The van der Waals surface area contributed by atoms with Crippen molar-refractivity contribution in [1.29, 1.82) is 0 Å². The molecule has 1 amide bonds. The van der Waals surface area contributed by atoms with Crippen molar-refractivity contribution in [3.05, 3.63) is 0 Å². The fourth-order valence-corrected chi connectivity index (χ4v) is 3.69. The van der Waals surface area contributed by atoms with Crippen molar-refractivity contribution >= 4 is 11.9 Å². The number of likely N-dealkylation sites (tertiary alicyclic amines) is 2. The predicted octanol–water partition coefficient (Wildman–Crippen LogP) is 2.07. The van der Waals surface area contributed by atoms with E-state index in [-0.39, 0.29) is 0 Å². The van der Waals surface area contributed by atoms with E-state index in [0.29, 0.717) is 5.91 Å². The van der Waals surface area contributed by atoms with Crippen molar-refractivity contribution in [3.63, 3.8) is 0 Å². The first kappa shape index (κ1) is 21.0. The second-order valence-electron chi connectivity index (χ2n) is 7.76. The molecule has 0 aliphatic carbocycles. The van der Waals surface area contributed by atoms with Gasteiger partial charge in [-0.3, -0.25) is 9.79 Å². The van der Waals surface area contributed by atoms with Crippen LogP contribution in [0, 0.1) is 5.92 Å². The molecule has 0 aromatic heterocycles. The molecule has 2 N–H and O–H groups in total. The number of hydrogen-bond acceptors (Lipinski definition) is 3. The van der Waals surface area contributed by atoms with E-state index >= 15 is 0 Å². The molecule has 6 heteroatoms. The van der Waals surface area contributed by atoms with Gasteiger partial charge in [0.25, 0.3) is 0 Å². The summed E-state index contributed by atoms with van der Waals surface area (Å²) >= 11 is 0. The van der Waals surface area contributed by atoms with Gasteiger partial charge in [-0.25, -0.2) is 0 Å². The van der Waals surface area contributed by atoms with E-state index in [9.17, 15) is 4.79 Å². The van der Waals surface area contributed by atoms with Crippen LogP contribution in [0.15, 0.2) is 4.99 Å². The van der Waals surface area contributed by atoms with Crippen LogP contribution in [0.3, 0.4) is 0 Å². The lowest BCUT2D eigenvalue weighted by Crippen LogP contribution is -2.43. The van der Waals surface area contributed by atoms with Gasteiger partial charge in [-0.2, -0.15) is 0 Å². The molecule has 2 aliphatic rings. The van der Waals surface area contributed by atoms with E-state index in [1.165, 1.54) is 32.4 Å². The summed E-state index contributed by atoms with van der Waals surface area (Å²) in [5.41, 5.74) is 0. The van der Waals surface area contributed by atoms with Gasteiger partial charge in [0.1, 0.15) is 0 Å². The summed E-state index contributed by atoms with van der Waals surface area (Å²) in [6.07, 6.45) is 7.69. The number of amides is 1. The van der Waals surface area contributed by atoms with Crippen molar-refractivity contribution in [2.24, 2.45) is 10.9 Å². The predicted molar refractivity (Wildman–Crippen MR) is 108 cm³/mol. The quantitative estimate of drug-likeness (QED) is 0.393. The third-order valence-electron chi connectivity index (χ3n) is 5.47. The Morgan fingerprint density at radius 3 is 2.69 bits per heavy atom. The molecule has 0 saturated carbocycles. The van der Waals surface area contributed by atoms with E-state index in [1.54, 1.807) is 0 Å². The maximum absolute atomic E-state index is 12.0. The molecule has 2 fully saturated rings. The Morgan fingerprint density at radius 2 is 1.92 bits per heavy atom. The molecule has 6 nitrogen and oxygen atoms in total. The minimum Gasteiger partial charge on any atom is -0.357 e. The first-order valence-corrected chi connectivity index (χ1v) is 10.7. The number of rotatable bonds is 8. The zero-order chi connectivity index (χ0) is 18.6. The van der Waals surface area contributed by atoms with Gasteiger partial charge in [-0.1, -0.05) is 13.3 Å². The van der Waals surface area contributed by atoms with Gasteiger partial charge in [0.05, 0.1) is 0 Å². The molecule has 2 heterocycles. The fourth-order valence-electron chi connectivity index (χ4n) is 3.69. The minimum atomic E-state index is 0.326. The van der Waals surface area contributed by atoms with E-state index in [4.69, 9.17) is 0 Å². The van der Waals surface area contributed by atoms with Gasteiger partial charge in [-0.15, -0.1) is 0 Å². The van der Waals surface area contributed by atoms with Gasteiger partial charge >= 0.3 is 0 Å². The highest BCUT2D eigenvalue weighted by Crippen LogP contribution is 2.15. The van der Waals surface area contributed by atoms with Gasteiger partial charge in [-0.05, 0) is 58.0 Å². The minimum absolute atomic E-state index is 0.326. The largest absolute Gasteiger partial charge is 0.357 e. The second kappa shape index (κ2) is 12.2. The average molecular weight is 366 g/mol. The van der Waals surface area contributed by atoms with Crippen LogP contribution in [0.1, 0.15) is 58.8 Å². The number of piperidine rings is 1. The van der Waals surface area contributed by atoms with E-state index in [0.717, 1.165) is 76.8 Å². The van der Waals surface area contributed by atoms with Gasteiger partial charge in [0.15, 0.2) is 5.96 Å². The lowest BCUT2D eigenvalue weighted by Gasteiger charge is -2.30.